The fourth-order valence-electron chi connectivity index (χ4n) is 3.14. The fourth-order valence-corrected chi connectivity index (χ4v) is 4.07. The molecule has 2 unspecified atom stereocenters. The number of nitrogens with zero attached hydrogens (tertiary/aromatic N) is 1. The van der Waals surface area contributed by atoms with Crippen molar-refractivity contribution in [3.8, 4) is 6.07 Å². The second-order valence-corrected chi connectivity index (χ2v) is 6.57. The Kier molecular flexibility index (Phi) is 3.67. The van der Waals surface area contributed by atoms with Crippen molar-refractivity contribution >= 4 is 17.7 Å². The van der Waals surface area contributed by atoms with Crippen molar-refractivity contribution in [2.24, 2.45) is 11.3 Å². The number of amides is 1. The molecule has 0 aliphatic heterocycles. The maximum Gasteiger partial charge on any atom is 0.240 e. The second kappa shape index (κ2) is 4.89. The van der Waals surface area contributed by atoms with E-state index in [0.29, 0.717) is 11.2 Å². The van der Waals surface area contributed by atoms with Crippen LogP contribution in [0.1, 0.15) is 39.0 Å². The molecule has 1 amide bonds. The molecule has 2 rings (SSSR count). The van der Waals surface area contributed by atoms with Crippen LogP contribution in [0.15, 0.2) is 0 Å². The predicted octanol–water partition coefficient (Wildman–Crippen LogP) is 2.33. The summed E-state index contributed by atoms with van der Waals surface area (Å²) in [5.41, 5.74) is -0.717. The van der Waals surface area contributed by atoms with E-state index in [1.54, 1.807) is 0 Å². The van der Waals surface area contributed by atoms with Gasteiger partial charge in [0.25, 0.3) is 0 Å². The Labute approximate surface area is 107 Å². The summed E-state index contributed by atoms with van der Waals surface area (Å²) in [7, 11) is 0. The lowest BCUT2D eigenvalue weighted by Gasteiger charge is -2.40. The van der Waals surface area contributed by atoms with Crippen LogP contribution >= 0.6 is 11.8 Å². The van der Waals surface area contributed by atoms with Crippen LogP contribution in [0.3, 0.4) is 0 Å². The Morgan fingerprint density at radius 2 is 2.18 bits per heavy atom. The fraction of sp³-hybridized carbons (Fsp3) is 0.846. The third-order valence-electron chi connectivity index (χ3n) is 4.11. The van der Waals surface area contributed by atoms with E-state index in [-0.39, 0.29) is 11.9 Å². The van der Waals surface area contributed by atoms with E-state index < -0.39 is 5.41 Å². The highest BCUT2D eigenvalue weighted by atomic mass is 32.2. The monoisotopic (exact) mass is 252 g/mol. The molecule has 0 radical (unpaired) electrons. The van der Waals surface area contributed by atoms with Gasteiger partial charge in [0.05, 0.1) is 6.07 Å². The van der Waals surface area contributed by atoms with Crippen molar-refractivity contribution in [3.63, 3.8) is 0 Å². The van der Waals surface area contributed by atoms with Gasteiger partial charge in [0, 0.05) is 11.3 Å². The maximum absolute atomic E-state index is 12.2. The van der Waals surface area contributed by atoms with Gasteiger partial charge in [0.2, 0.25) is 5.91 Å². The topological polar surface area (TPSA) is 52.9 Å². The number of carbonyl (C=O) groups excluding carboxylic acids is 1. The Balaban J connectivity index is 1.95. The van der Waals surface area contributed by atoms with Crippen molar-refractivity contribution in [1.29, 1.82) is 5.26 Å². The number of hydrogen-bond donors (Lipinski definition) is 1. The molecule has 0 aromatic heterocycles. The third-order valence-corrected chi connectivity index (χ3v) is 5.28. The lowest BCUT2D eigenvalue weighted by Crippen LogP contribution is -2.52. The molecule has 94 valence electrons. The third kappa shape index (κ3) is 2.30. The smallest absolute Gasteiger partial charge is 0.240 e. The zero-order chi connectivity index (χ0) is 12.5. The minimum Gasteiger partial charge on any atom is -0.351 e. The van der Waals surface area contributed by atoms with E-state index in [9.17, 15) is 10.1 Å². The van der Waals surface area contributed by atoms with Crippen LogP contribution < -0.4 is 5.32 Å². The van der Waals surface area contributed by atoms with E-state index in [2.05, 4.69) is 24.6 Å². The van der Waals surface area contributed by atoms with Crippen molar-refractivity contribution in [2.75, 3.05) is 6.26 Å². The second-order valence-electron chi connectivity index (χ2n) is 5.49. The van der Waals surface area contributed by atoms with Gasteiger partial charge in [-0.2, -0.15) is 17.0 Å². The minimum absolute atomic E-state index is 0.0240. The van der Waals surface area contributed by atoms with Gasteiger partial charge < -0.3 is 5.32 Å². The molecule has 2 atom stereocenters. The molecule has 0 bridgehead atoms. The molecule has 2 aliphatic rings. The SMILES string of the molecule is CSC1CCCC1NC(=O)C1(C#N)CC(C)C1. The minimum atomic E-state index is -0.717. The highest BCUT2D eigenvalue weighted by Gasteiger charge is 2.49. The Hall–Kier alpha value is -0.690. The van der Waals surface area contributed by atoms with Gasteiger partial charge in [-0.1, -0.05) is 13.3 Å². The molecule has 1 N–H and O–H groups in total. The van der Waals surface area contributed by atoms with E-state index >= 15 is 0 Å². The van der Waals surface area contributed by atoms with E-state index in [1.807, 2.05) is 11.8 Å². The molecule has 2 aliphatic carbocycles. The first-order valence-corrected chi connectivity index (χ1v) is 7.65. The van der Waals surface area contributed by atoms with E-state index in [0.717, 1.165) is 19.3 Å². The summed E-state index contributed by atoms with van der Waals surface area (Å²) in [6.45, 7) is 2.10. The van der Waals surface area contributed by atoms with Crippen LogP contribution in [0.5, 0.6) is 0 Å². The molecule has 0 aromatic carbocycles. The molecular formula is C13H20N2OS. The van der Waals surface area contributed by atoms with Gasteiger partial charge in [0.15, 0.2) is 0 Å². The Morgan fingerprint density at radius 1 is 1.47 bits per heavy atom. The van der Waals surface area contributed by atoms with Gasteiger partial charge >= 0.3 is 0 Å². The molecule has 0 spiro atoms. The summed E-state index contributed by atoms with van der Waals surface area (Å²) in [5, 5.41) is 12.9. The van der Waals surface area contributed by atoms with Crippen molar-refractivity contribution in [1.82, 2.24) is 5.32 Å². The van der Waals surface area contributed by atoms with Crippen LogP contribution in [-0.2, 0) is 4.79 Å². The van der Waals surface area contributed by atoms with E-state index in [4.69, 9.17) is 0 Å². The van der Waals surface area contributed by atoms with Gasteiger partial charge in [0.1, 0.15) is 5.41 Å². The van der Waals surface area contributed by atoms with Crippen LogP contribution in [-0.4, -0.2) is 23.5 Å². The highest BCUT2D eigenvalue weighted by molar-refractivity contribution is 7.99. The zero-order valence-corrected chi connectivity index (χ0v) is 11.3. The summed E-state index contributed by atoms with van der Waals surface area (Å²) >= 11 is 1.83. The van der Waals surface area contributed by atoms with Crippen LogP contribution in [0.4, 0.5) is 0 Å². The lowest BCUT2D eigenvalue weighted by molar-refractivity contribution is -0.134. The zero-order valence-electron chi connectivity index (χ0n) is 10.5. The van der Waals surface area contributed by atoms with Gasteiger partial charge in [-0.25, -0.2) is 0 Å². The van der Waals surface area contributed by atoms with Crippen molar-refractivity contribution in [3.05, 3.63) is 0 Å². The molecule has 4 heteroatoms. The van der Waals surface area contributed by atoms with Crippen molar-refractivity contribution < 1.29 is 4.79 Å². The molecule has 2 saturated carbocycles. The summed E-state index contributed by atoms with van der Waals surface area (Å²) in [4.78, 5) is 12.2. The number of nitriles is 1. The molecule has 17 heavy (non-hydrogen) atoms. The number of carbonyl (C=O) groups is 1. The molecular weight excluding hydrogens is 232 g/mol. The molecule has 2 fully saturated rings. The van der Waals surface area contributed by atoms with Gasteiger partial charge in [-0.3, -0.25) is 4.79 Å². The summed E-state index contributed by atoms with van der Waals surface area (Å²) in [5.74, 6) is 0.490. The number of hydrogen-bond acceptors (Lipinski definition) is 3. The standard InChI is InChI=1S/C13H20N2OS/c1-9-6-13(7-9,8-14)12(16)15-10-4-3-5-11(10)17-2/h9-11H,3-7H2,1-2H3,(H,15,16). The number of thioether (sulfide) groups is 1. The quantitative estimate of drug-likeness (QED) is 0.838. The first-order chi connectivity index (χ1) is 8.11. The first-order valence-electron chi connectivity index (χ1n) is 6.36. The van der Waals surface area contributed by atoms with E-state index in [1.165, 1.54) is 12.8 Å². The highest BCUT2D eigenvalue weighted by Crippen LogP contribution is 2.45. The van der Waals surface area contributed by atoms with Crippen LogP contribution in [0, 0.1) is 22.7 Å². The largest absolute Gasteiger partial charge is 0.351 e. The normalized spacial score (nSPS) is 40.4. The average molecular weight is 252 g/mol. The molecule has 0 heterocycles. The molecule has 0 saturated heterocycles. The summed E-state index contributed by atoms with van der Waals surface area (Å²) in [6.07, 6.45) is 6.99. The van der Waals surface area contributed by atoms with Gasteiger partial charge in [-0.05, 0) is 37.9 Å². The van der Waals surface area contributed by atoms with Crippen LogP contribution in [0.25, 0.3) is 0 Å². The Morgan fingerprint density at radius 3 is 2.71 bits per heavy atom. The van der Waals surface area contributed by atoms with Gasteiger partial charge in [-0.15, -0.1) is 0 Å². The average Bonchev–Trinajstić information content (AvgIpc) is 2.71. The number of rotatable bonds is 3. The van der Waals surface area contributed by atoms with Crippen molar-refractivity contribution in [2.45, 2.75) is 50.3 Å². The maximum atomic E-state index is 12.2. The molecule has 3 nitrogen and oxygen atoms in total. The lowest BCUT2D eigenvalue weighted by atomic mass is 9.63. The predicted molar refractivity (Wildman–Crippen MR) is 69.5 cm³/mol. The first kappa shape index (κ1) is 12.8. The summed E-state index contributed by atoms with van der Waals surface area (Å²) in [6, 6.07) is 2.51. The Bertz CT molecular complexity index is 344. The number of nitrogens with one attached hydrogen (secondary N) is 1. The molecule has 0 aromatic rings. The summed E-state index contributed by atoms with van der Waals surface area (Å²) < 4.78 is 0. The van der Waals surface area contributed by atoms with Crippen LogP contribution in [0.2, 0.25) is 0 Å².